The van der Waals surface area contributed by atoms with Gasteiger partial charge in [0.25, 0.3) is 5.91 Å². The Bertz CT molecular complexity index is 666. The van der Waals surface area contributed by atoms with E-state index in [1.807, 2.05) is 4.90 Å². The number of piperidine rings is 2. The zero-order valence-electron chi connectivity index (χ0n) is 13.5. The lowest BCUT2D eigenvalue weighted by Crippen LogP contribution is -2.47. The van der Waals surface area contributed by atoms with Crippen LogP contribution in [0, 0.1) is 5.41 Å². The maximum Gasteiger partial charge on any atom is 0.253 e. The van der Waals surface area contributed by atoms with Crippen molar-refractivity contribution < 1.29 is 13.2 Å². The summed E-state index contributed by atoms with van der Waals surface area (Å²) >= 11 is 0. The minimum atomic E-state index is -3.22. The topological polar surface area (TPSA) is 66.5 Å². The summed E-state index contributed by atoms with van der Waals surface area (Å²) in [6.45, 7) is 3.77. The van der Waals surface area contributed by atoms with Crippen LogP contribution >= 0.6 is 0 Å². The molecule has 6 heteroatoms. The molecule has 0 atom stereocenters. The third-order valence-electron chi connectivity index (χ3n) is 5.30. The van der Waals surface area contributed by atoms with Crippen molar-refractivity contribution in [3.8, 4) is 0 Å². The van der Waals surface area contributed by atoms with Gasteiger partial charge in [0.15, 0.2) is 9.84 Å². The number of hydrogen-bond donors (Lipinski definition) is 1. The average molecular weight is 336 g/mol. The molecule has 1 spiro atoms. The SMILES string of the molecule is CS(=O)(=O)c1ccc(C(=O)N2CCC3(CCNCC3)CC2)cc1. The van der Waals surface area contributed by atoms with Gasteiger partial charge in [0, 0.05) is 24.9 Å². The molecule has 1 amide bonds. The number of likely N-dealkylation sites (tertiary alicyclic amines) is 1. The Morgan fingerprint density at radius 3 is 2.13 bits per heavy atom. The average Bonchev–Trinajstić information content (AvgIpc) is 2.55. The predicted octanol–water partition coefficient (Wildman–Crippen LogP) is 1.70. The maximum atomic E-state index is 12.6. The number of amides is 1. The highest BCUT2D eigenvalue weighted by Gasteiger charge is 2.36. The number of carbonyl (C=O) groups excluding carboxylic acids is 1. The Labute approximate surface area is 138 Å². The Balaban J connectivity index is 1.65. The molecule has 2 saturated heterocycles. The van der Waals surface area contributed by atoms with Crippen LogP contribution in [0.15, 0.2) is 29.2 Å². The second-order valence-electron chi connectivity index (χ2n) is 6.84. The number of carbonyl (C=O) groups is 1. The van der Waals surface area contributed by atoms with Crippen molar-refractivity contribution in [1.82, 2.24) is 10.2 Å². The largest absolute Gasteiger partial charge is 0.339 e. The molecule has 0 saturated carbocycles. The van der Waals surface area contributed by atoms with Gasteiger partial charge in [0.1, 0.15) is 0 Å². The Morgan fingerprint density at radius 2 is 1.61 bits per heavy atom. The second-order valence-corrected chi connectivity index (χ2v) is 8.85. The second kappa shape index (κ2) is 6.24. The first-order valence-corrected chi connectivity index (χ1v) is 10.1. The van der Waals surface area contributed by atoms with E-state index in [0.717, 1.165) is 39.0 Å². The van der Waals surface area contributed by atoms with Gasteiger partial charge in [-0.1, -0.05) is 0 Å². The van der Waals surface area contributed by atoms with Crippen molar-refractivity contribution in [2.45, 2.75) is 30.6 Å². The molecule has 0 unspecified atom stereocenters. The molecule has 2 aliphatic heterocycles. The zero-order chi connectivity index (χ0) is 16.5. The molecule has 0 aliphatic carbocycles. The lowest BCUT2D eigenvalue weighted by atomic mass is 9.71. The highest BCUT2D eigenvalue weighted by Crippen LogP contribution is 2.39. The van der Waals surface area contributed by atoms with Gasteiger partial charge in [-0.2, -0.15) is 0 Å². The summed E-state index contributed by atoms with van der Waals surface area (Å²) in [5, 5.41) is 3.40. The number of rotatable bonds is 2. The molecule has 1 aromatic carbocycles. The van der Waals surface area contributed by atoms with Crippen LogP contribution in [-0.2, 0) is 9.84 Å². The minimum Gasteiger partial charge on any atom is -0.339 e. The number of nitrogens with zero attached hydrogens (tertiary/aromatic N) is 1. The molecular weight excluding hydrogens is 312 g/mol. The molecule has 0 aromatic heterocycles. The molecule has 23 heavy (non-hydrogen) atoms. The van der Waals surface area contributed by atoms with E-state index in [4.69, 9.17) is 0 Å². The molecule has 126 valence electrons. The van der Waals surface area contributed by atoms with Gasteiger partial charge >= 0.3 is 0 Å². The quantitative estimate of drug-likeness (QED) is 0.893. The van der Waals surface area contributed by atoms with Gasteiger partial charge in [0.05, 0.1) is 4.90 Å². The van der Waals surface area contributed by atoms with Crippen molar-refractivity contribution in [3.05, 3.63) is 29.8 Å². The van der Waals surface area contributed by atoms with E-state index in [-0.39, 0.29) is 10.8 Å². The van der Waals surface area contributed by atoms with Gasteiger partial charge < -0.3 is 10.2 Å². The predicted molar refractivity (Wildman–Crippen MR) is 89.2 cm³/mol. The molecule has 1 N–H and O–H groups in total. The van der Waals surface area contributed by atoms with Crippen LogP contribution in [0.4, 0.5) is 0 Å². The molecule has 2 heterocycles. The fraction of sp³-hybridized carbons (Fsp3) is 0.588. The standard InChI is InChI=1S/C17H24N2O3S/c1-23(21,22)15-4-2-14(3-5-15)16(20)19-12-8-17(9-13-19)6-10-18-11-7-17/h2-5,18H,6-13H2,1H3. The molecule has 1 aromatic rings. The van der Waals surface area contributed by atoms with E-state index in [0.29, 0.717) is 11.0 Å². The third-order valence-corrected chi connectivity index (χ3v) is 6.43. The Morgan fingerprint density at radius 1 is 1.04 bits per heavy atom. The lowest BCUT2D eigenvalue weighted by Gasteiger charge is -2.44. The van der Waals surface area contributed by atoms with Crippen molar-refractivity contribution >= 4 is 15.7 Å². The van der Waals surface area contributed by atoms with E-state index in [1.165, 1.54) is 31.2 Å². The van der Waals surface area contributed by atoms with E-state index in [2.05, 4.69) is 5.32 Å². The van der Waals surface area contributed by atoms with Gasteiger partial charge in [-0.15, -0.1) is 0 Å². The van der Waals surface area contributed by atoms with Crippen LogP contribution in [-0.4, -0.2) is 51.7 Å². The molecule has 0 bridgehead atoms. The summed E-state index contributed by atoms with van der Waals surface area (Å²) in [6, 6.07) is 6.27. The number of sulfone groups is 1. The summed E-state index contributed by atoms with van der Waals surface area (Å²) in [7, 11) is -3.22. The van der Waals surface area contributed by atoms with Crippen LogP contribution in [0.1, 0.15) is 36.0 Å². The number of benzene rings is 1. The van der Waals surface area contributed by atoms with Crippen molar-refractivity contribution in [1.29, 1.82) is 0 Å². The Kier molecular flexibility index (Phi) is 4.47. The first-order chi connectivity index (χ1) is 10.9. The Hall–Kier alpha value is -1.40. The first-order valence-electron chi connectivity index (χ1n) is 8.20. The smallest absolute Gasteiger partial charge is 0.253 e. The van der Waals surface area contributed by atoms with Crippen molar-refractivity contribution in [2.75, 3.05) is 32.4 Å². The van der Waals surface area contributed by atoms with Gasteiger partial charge in [-0.25, -0.2) is 8.42 Å². The fourth-order valence-corrected chi connectivity index (χ4v) is 4.30. The van der Waals surface area contributed by atoms with E-state index >= 15 is 0 Å². The number of nitrogens with one attached hydrogen (secondary N) is 1. The van der Waals surface area contributed by atoms with Crippen LogP contribution in [0.2, 0.25) is 0 Å². The van der Waals surface area contributed by atoms with Gasteiger partial charge in [0.2, 0.25) is 0 Å². The molecule has 0 radical (unpaired) electrons. The van der Waals surface area contributed by atoms with Crippen LogP contribution < -0.4 is 5.32 Å². The lowest BCUT2D eigenvalue weighted by molar-refractivity contribution is 0.0495. The van der Waals surface area contributed by atoms with Crippen molar-refractivity contribution in [2.24, 2.45) is 5.41 Å². The minimum absolute atomic E-state index is 0.00818. The monoisotopic (exact) mass is 336 g/mol. The van der Waals surface area contributed by atoms with Gasteiger partial charge in [-0.3, -0.25) is 4.79 Å². The fourth-order valence-electron chi connectivity index (χ4n) is 3.67. The molecular formula is C17H24N2O3S. The highest BCUT2D eigenvalue weighted by molar-refractivity contribution is 7.90. The number of hydrogen-bond acceptors (Lipinski definition) is 4. The van der Waals surface area contributed by atoms with E-state index < -0.39 is 9.84 Å². The summed E-state index contributed by atoms with van der Waals surface area (Å²) in [4.78, 5) is 14.8. The normalized spacial score (nSPS) is 21.3. The first kappa shape index (κ1) is 16.5. The van der Waals surface area contributed by atoms with Crippen LogP contribution in [0.5, 0.6) is 0 Å². The van der Waals surface area contributed by atoms with Crippen LogP contribution in [0.3, 0.4) is 0 Å². The molecule has 2 aliphatic rings. The molecule has 5 nitrogen and oxygen atoms in total. The van der Waals surface area contributed by atoms with E-state index in [9.17, 15) is 13.2 Å². The third kappa shape index (κ3) is 3.58. The maximum absolute atomic E-state index is 12.6. The van der Waals surface area contributed by atoms with E-state index in [1.54, 1.807) is 12.1 Å². The molecule has 2 fully saturated rings. The van der Waals surface area contributed by atoms with Gasteiger partial charge in [-0.05, 0) is 68.5 Å². The summed E-state index contributed by atoms with van der Waals surface area (Å²) < 4.78 is 23.0. The summed E-state index contributed by atoms with van der Waals surface area (Å²) in [5.41, 5.74) is 0.987. The zero-order valence-corrected chi connectivity index (χ0v) is 14.4. The van der Waals surface area contributed by atoms with Crippen molar-refractivity contribution in [3.63, 3.8) is 0 Å². The summed E-state index contributed by atoms with van der Waals surface area (Å²) in [6.07, 6.45) is 5.73. The summed E-state index contributed by atoms with van der Waals surface area (Å²) in [5.74, 6) is 0.00818. The molecule has 3 rings (SSSR count). The van der Waals surface area contributed by atoms with Crippen LogP contribution in [0.25, 0.3) is 0 Å². The highest BCUT2D eigenvalue weighted by atomic mass is 32.2.